The molecule has 262 valence electrons. The van der Waals surface area contributed by atoms with Crippen LogP contribution >= 0.6 is 0 Å². The highest BCUT2D eigenvalue weighted by Gasteiger charge is 2.21. The predicted molar refractivity (Wildman–Crippen MR) is 239 cm³/mol. The molecule has 0 unspecified atom stereocenters. The van der Waals surface area contributed by atoms with Crippen LogP contribution in [0.5, 0.6) is 0 Å². The Morgan fingerprint density at radius 3 is 1.55 bits per heavy atom. The van der Waals surface area contributed by atoms with Crippen LogP contribution in [-0.4, -0.2) is 4.57 Å². The molecule has 56 heavy (non-hydrogen) atoms. The van der Waals surface area contributed by atoms with Gasteiger partial charge in [0, 0.05) is 27.8 Å². The lowest BCUT2D eigenvalue weighted by atomic mass is 9.95. The van der Waals surface area contributed by atoms with Crippen molar-refractivity contribution in [3.63, 3.8) is 0 Å². The summed E-state index contributed by atoms with van der Waals surface area (Å²) in [6, 6.07) is 79.4. The maximum absolute atomic E-state index is 2.42. The summed E-state index contributed by atoms with van der Waals surface area (Å²) in [6.45, 7) is 0. The maximum atomic E-state index is 2.42. The molecular formula is C54H36N2. The molecule has 0 aliphatic rings. The van der Waals surface area contributed by atoms with Gasteiger partial charge >= 0.3 is 0 Å². The first kappa shape index (κ1) is 32.0. The van der Waals surface area contributed by atoms with E-state index in [0.717, 1.165) is 22.7 Å². The van der Waals surface area contributed by atoms with Crippen LogP contribution in [0.1, 0.15) is 0 Å². The molecule has 0 spiro atoms. The molecule has 0 amide bonds. The SMILES string of the molecule is c1ccc(-c2ccc(N(c3ccc(-c4ccc5c(ccc6c7ccccc7ccc56)c4)cc3)c3cccc4c3c3ccccc3n4-c3ccccc3)cc2)cc1. The molecule has 0 radical (unpaired) electrons. The van der Waals surface area contributed by atoms with Crippen LogP contribution in [0, 0.1) is 0 Å². The van der Waals surface area contributed by atoms with E-state index < -0.39 is 0 Å². The predicted octanol–water partition coefficient (Wildman–Crippen LogP) is 15.0. The van der Waals surface area contributed by atoms with Crippen LogP contribution in [0.3, 0.4) is 0 Å². The van der Waals surface area contributed by atoms with Gasteiger partial charge in [-0.1, -0.05) is 158 Å². The first-order valence-corrected chi connectivity index (χ1v) is 19.3. The van der Waals surface area contributed by atoms with Crippen molar-refractivity contribution in [2.75, 3.05) is 4.90 Å². The minimum Gasteiger partial charge on any atom is -0.310 e. The summed E-state index contributed by atoms with van der Waals surface area (Å²) >= 11 is 0. The molecule has 2 nitrogen and oxygen atoms in total. The van der Waals surface area contributed by atoms with Crippen molar-refractivity contribution in [1.82, 2.24) is 4.57 Å². The number of hydrogen-bond acceptors (Lipinski definition) is 1. The van der Waals surface area contributed by atoms with E-state index in [1.54, 1.807) is 0 Å². The number of nitrogens with zero attached hydrogens (tertiary/aromatic N) is 2. The van der Waals surface area contributed by atoms with Gasteiger partial charge in [-0.2, -0.15) is 0 Å². The minimum atomic E-state index is 1.10. The lowest BCUT2D eigenvalue weighted by Gasteiger charge is -2.27. The maximum Gasteiger partial charge on any atom is 0.0562 e. The van der Waals surface area contributed by atoms with Crippen molar-refractivity contribution < 1.29 is 0 Å². The number of hydrogen-bond donors (Lipinski definition) is 0. The molecule has 0 saturated heterocycles. The Balaban J connectivity index is 1.05. The van der Waals surface area contributed by atoms with E-state index in [2.05, 4.69) is 228 Å². The highest BCUT2D eigenvalue weighted by atomic mass is 15.1. The molecule has 2 heteroatoms. The highest BCUT2D eigenvalue weighted by Crippen LogP contribution is 2.44. The Morgan fingerprint density at radius 2 is 0.821 bits per heavy atom. The fourth-order valence-electron chi connectivity index (χ4n) is 8.71. The lowest BCUT2D eigenvalue weighted by molar-refractivity contribution is 1.18. The van der Waals surface area contributed by atoms with Gasteiger partial charge in [0.1, 0.15) is 0 Å². The topological polar surface area (TPSA) is 8.17 Å². The van der Waals surface area contributed by atoms with Gasteiger partial charge in [-0.25, -0.2) is 0 Å². The molecule has 1 aromatic heterocycles. The van der Waals surface area contributed by atoms with E-state index in [1.807, 2.05) is 0 Å². The number of para-hydroxylation sites is 2. The Morgan fingerprint density at radius 1 is 0.304 bits per heavy atom. The number of anilines is 3. The van der Waals surface area contributed by atoms with Crippen molar-refractivity contribution in [3.8, 4) is 27.9 Å². The molecule has 11 rings (SSSR count). The zero-order chi connectivity index (χ0) is 37.0. The van der Waals surface area contributed by atoms with E-state index in [-0.39, 0.29) is 0 Å². The van der Waals surface area contributed by atoms with Gasteiger partial charge in [-0.05, 0) is 115 Å². The summed E-state index contributed by atoms with van der Waals surface area (Å²) in [5, 5.41) is 10.1. The van der Waals surface area contributed by atoms with Crippen molar-refractivity contribution in [2.45, 2.75) is 0 Å². The van der Waals surface area contributed by atoms with Crippen LogP contribution in [0.4, 0.5) is 17.1 Å². The summed E-state index contributed by atoms with van der Waals surface area (Å²) < 4.78 is 2.39. The molecule has 10 aromatic carbocycles. The van der Waals surface area contributed by atoms with E-state index >= 15 is 0 Å². The van der Waals surface area contributed by atoms with E-state index in [4.69, 9.17) is 0 Å². The molecule has 0 aliphatic heterocycles. The second-order valence-corrected chi connectivity index (χ2v) is 14.5. The molecule has 11 aromatic rings. The lowest BCUT2D eigenvalue weighted by Crippen LogP contribution is -2.10. The molecule has 0 saturated carbocycles. The summed E-state index contributed by atoms with van der Waals surface area (Å²) in [6.07, 6.45) is 0. The third kappa shape index (κ3) is 5.26. The van der Waals surface area contributed by atoms with Crippen molar-refractivity contribution in [2.24, 2.45) is 0 Å². The summed E-state index contributed by atoms with van der Waals surface area (Å²) in [4.78, 5) is 2.42. The zero-order valence-electron chi connectivity index (χ0n) is 30.7. The minimum absolute atomic E-state index is 1.10. The standard InChI is InChI=1S/C54H36N2/c1-3-12-37(13-4-1)38-22-29-44(30-23-38)55(52-20-11-21-53-54(52)50-18-9-10-19-51(50)56(53)43-15-5-2-6-16-43)45-31-24-39(25-32-45)41-27-33-47-42(36-41)28-35-48-46-17-8-7-14-40(46)26-34-49(47)48/h1-36H. The van der Waals surface area contributed by atoms with Crippen LogP contribution < -0.4 is 4.90 Å². The van der Waals surface area contributed by atoms with Crippen LogP contribution in [0.25, 0.3) is 82.1 Å². The van der Waals surface area contributed by atoms with Crippen molar-refractivity contribution >= 4 is 71.2 Å². The first-order valence-electron chi connectivity index (χ1n) is 19.3. The quantitative estimate of drug-likeness (QED) is 0.156. The normalized spacial score (nSPS) is 11.6. The van der Waals surface area contributed by atoms with Gasteiger partial charge in [0.15, 0.2) is 0 Å². The van der Waals surface area contributed by atoms with Gasteiger partial charge in [0.25, 0.3) is 0 Å². The van der Waals surface area contributed by atoms with Gasteiger partial charge in [-0.15, -0.1) is 0 Å². The highest BCUT2D eigenvalue weighted by molar-refractivity contribution is 6.18. The fourth-order valence-corrected chi connectivity index (χ4v) is 8.71. The molecular weight excluding hydrogens is 677 g/mol. The number of aromatic nitrogens is 1. The van der Waals surface area contributed by atoms with Crippen molar-refractivity contribution in [1.29, 1.82) is 0 Å². The zero-order valence-corrected chi connectivity index (χ0v) is 30.7. The second-order valence-electron chi connectivity index (χ2n) is 14.5. The number of rotatable bonds is 6. The number of fused-ring (bicyclic) bond motifs is 8. The molecule has 0 bridgehead atoms. The molecule has 1 heterocycles. The Hall–Kier alpha value is -7.42. The van der Waals surface area contributed by atoms with Crippen LogP contribution in [0.2, 0.25) is 0 Å². The van der Waals surface area contributed by atoms with Gasteiger partial charge in [0.2, 0.25) is 0 Å². The smallest absolute Gasteiger partial charge is 0.0562 e. The van der Waals surface area contributed by atoms with Gasteiger partial charge in [0.05, 0.1) is 16.7 Å². The van der Waals surface area contributed by atoms with Crippen LogP contribution in [-0.2, 0) is 0 Å². The third-order valence-corrected chi connectivity index (χ3v) is 11.4. The largest absolute Gasteiger partial charge is 0.310 e. The van der Waals surface area contributed by atoms with Gasteiger partial charge < -0.3 is 9.47 Å². The Labute approximate surface area is 325 Å². The molecule has 0 aliphatic carbocycles. The number of benzene rings is 10. The monoisotopic (exact) mass is 712 g/mol. The second kappa shape index (κ2) is 13.2. The van der Waals surface area contributed by atoms with E-state index in [1.165, 1.54) is 76.4 Å². The molecule has 0 N–H and O–H groups in total. The van der Waals surface area contributed by atoms with Gasteiger partial charge in [-0.3, -0.25) is 0 Å². The fraction of sp³-hybridized carbons (Fsp3) is 0. The van der Waals surface area contributed by atoms with E-state index in [9.17, 15) is 0 Å². The van der Waals surface area contributed by atoms with Crippen molar-refractivity contribution in [3.05, 3.63) is 218 Å². The average Bonchev–Trinajstić information content (AvgIpc) is 3.62. The summed E-state index contributed by atoms with van der Waals surface area (Å²) in [7, 11) is 0. The van der Waals surface area contributed by atoms with Crippen LogP contribution in [0.15, 0.2) is 218 Å². The third-order valence-electron chi connectivity index (χ3n) is 11.4. The average molecular weight is 713 g/mol. The Kier molecular flexibility index (Phi) is 7.53. The summed E-state index contributed by atoms with van der Waals surface area (Å²) in [5.74, 6) is 0. The first-order chi connectivity index (χ1) is 27.8. The molecule has 0 atom stereocenters. The Bertz CT molecular complexity index is 3210. The molecule has 0 fully saturated rings. The summed E-state index contributed by atoms with van der Waals surface area (Å²) in [5.41, 5.74) is 11.6. The van der Waals surface area contributed by atoms with E-state index in [0.29, 0.717) is 0 Å².